The monoisotopic (exact) mass is 370 g/mol. The van der Waals surface area contributed by atoms with E-state index >= 15 is 0 Å². The average Bonchev–Trinajstić information content (AvgIpc) is 2.51. The molecule has 0 atom stereocenters. The Bertz CT molecular complexity index is 992. The second-order valence-electron chi connectivity index (χ2n) is 5.16. The van der Waals surface area contributed by atoms with Crippen LogP contribution in [0.3, 0.4) is 0 Å². The molecule has 0 saturated carbocycles. The van der Waals surface area contributed by atoms with Crippen molar-refractivity contribution in [2.45, 2.75) is 0 Å². The van der Waals surface area contributed by atoms with E-state index in [1.165, 1.54) is 0 Å². The highest BCUT2D eigenvalue weighted by Gasteiger charge is 2.29. The summed E-state index contributed by atoms with van der Waals surface area (Å²) in [6, 6.07) is 14.7. The van der Waals surface area contributed by atoms with E-state index in [0.29, 0.717) is 21.2 Å². The number of hydrogen-bond acceptors (Lipinski definition) is 2. The van der Waals surface area contributed by atoms with E-state index in [9.17, 15) is 9.59 Å². The Morgan fingerprint density at radius 2 is 1.64 bits per heavy atom. The van der Waals surface area contributed by atoms with Gasteiger partial charge >= 0.3 is 0 Å². The fourth-order valence-corrected chi connectivity index (χ4v) is 4.05. The lowest BCUT2D eigenvalue weighted by Crippen LogP contribution is -2.12. The standard InChI is InChI=1S/C18H8BrClO2/c19-13-8-9-4-3-7-12-14(9)15(16(13)18(20)22)10-5-1-2-6-11(10)17(12)21/h1-8H. The third-order valence-corrected chi connectivity index (χ3v) is 4.81. The van der Waals surface area contributed by atoms with E-state index < -0.39 is 5.24 Å². The highest BCUT2D eigenvalue weighted by atomic mass is 79.9. The summed E-state index contributed by atoms with van der Waals surface area (Å²) in [5.41, 5.74) is 3.09. The van der Waals surface area contributed by atoms with E-state index in [2.05, 4.69) is 15.9 Å². The molecule has 0 saturated heterocycles. The number of benzene rings is 3. The first-order valence-electron chi connectivity index (χ1n) is 6.68. The highest BCUT2D eigenvalue weighted by molar-refractivity contribution is 9.10. The van der Waals surface area contributed by atoms with Gasteiger partial charge in [0.1, 0.15) is 0 Å². The summed E-state index contributed by atoms with van der Waals surface area (Å²) in [6.45, 7) is 0. The fraction of sp³-hybridized carbons (Fsp3) is 0. The highest BCUT2D eigenvalue weighted by Crippen LogP contribution is 2.44. The van der Waals surface area contributed by atoms with Gasteiger partial charge in [-0.2, -0.15) is 0 Å². The molecule has 106 valence electrons. The minimum absolute atomic E-state index is 0.0241. The molecule has 0 spiro atoms. The molecule has 0 radical (unpaired) electrons. The molecule has 0 bridgehead atoms. The average molecular weight is 372 g/mol. The second-order valence-corrected chi connectivity index (χ2v) is 6.36. The Hall–Kier alpha value is -1.97. The van der Waals surface area contributed by atoms with Gasteiger partial charge in [-0.05, 0) is 44.5 Å². The predicted octanol–water partition coefficient (Wildman–Crippen LogP) is 5.19. The molecule has 4 rings (SSSR count). The first-order valence-corrected chi connectivity index (χ1v) is 7.86. The van der Waals surface area contributed by atoms with Crippen LogP contribution in [0.2, 0.25) is 0 Å². The van der Waals surface area contributed by atoms with Gasteiger partial charge in [0.15, 0.2) is 5.78 Å². The lowest BCUT2D eigenvalue weighted by Gasteiger charge is -2.22. The molecule has 4 heteroatoms. The third-order valence-electron chi connectivity index (χ3n) is 4.00. The first-order chi connectivity index (χ1) is 10.6. The van der Waals surface area contributed by atoms with Crippen LogP contribution < -0.4 is 0 Å². The number of hydrogen-bond donors (Lipinski definition) is 0. The lowest BCUT2D eigenvalue weighted by atomic mass is 9.81. The molecule has 0 aromatic heterocycles. The molecule has 0 fully saturated rings. The quantitative estimate of drug-likeness (QED) is 0.431. The summed E-state index contributed by atoms with van der Waals surface area (Å²) in [6.07, 6.45) is 0. The van der Waals surface area contributed by atoms with Gasteiger partial charge in [0, 0.05) is 26.5 Å². The molecule has 2 nitrogen and oxygen atoms in total. The van der Waals surface area contributed by atoms with Gasteiger partial charge in [0.05, 0.1) is 5.56 Å². The van der Waals surface area contributed by atoms with Gasteiger partial charge in [-0.15, -0.1) is 0 Å². The van der Waals surface area contributed by atoms with Gasteiger partial charge in [0.25, 0.3) is 5.24 Å². The summed E-state index contributed by atoms with van der Waals surface area (Å²) in [5.74, 6) is -0.0241. The van der Waals surface area contributed by atoms with Crippen molar-refractivity contribution in [1.29, 1.82) is 0 Å². The van der Waals surface area contributed by atoms with Crippen molar-refractivity contribution in [2.75, 3.05) is 0 Å². The molecule has 1 aliphatic carbocycles. The van der Waals surface area contributed by atoms with Crippen molar-refractivity contribution >= 4 is 49.3 Å². The Morgan fingerprint density at radius 1 is 0.955 bits per heavy atom. The molecule has 3 aromatic rings. The molecule has 0 N–H and O–H groups in total. The van der Waals surface area contributed by atoms with Crippen LogP contribution in [0.15, 0.2) is 53.0 Å². The van der Waals surface area contributed by atoms with Crippen molar-refractivity contribution < 1.29 is 9.59 Å². The molecular weight excluding hydrogens is 364 g/mol. The Labute approximate surface area is 139 Å². The number of rotatable bonds is 1. The maximum absolute atomic E-state index is 12.7. The second kappa shape index (κ2) is 4.77. The van der Waals surface area contributed by atoms with E-state index in [0.717, 1.165) is 21.9 Å². The molecule has 0 aliphatic heterocycles. The summed E-state index contributed by atoms with van der Waals surface area (Å²) in [5, 5.41) is 1.16. The molecule has 0 heterocycles. The molecule has 3 aromatic carbocycles. The minimum atomic E-state index is -0.539. The number of carbonyl (C=O) groups is 2. The van der Waals surface area contributed by atoms with Crippen LogP contribution >= 0.6 is 27.5 Å². The third kappa shape index (κ3) is 1.73. The zero-order valence-corrected chi connectivity index (χ0v) is 13.5. The summed E-state index contributed by atoms with van der Waals surface area (Å²) < 4.78 is 0.635. The van der Waals surface area contributed by atoms with Gasteiger partial charge < -0.3 is 0 Å². The maximum Gasteiger partial charge on any atom is 0.254 e. The molecule has 0 amide bonds. The maximum atomic E-state index is 12.7. The van der Waals surface area contributed by atoms with Crippen molar-refractivity contribution in [1.82, 2.24) is 0 Å². The zero-order chi connectivity index (χ0) is 15.4. The normalized spacial score (nSPS) is 12.4. The summed E-state index contributed by atoms with van der Waals surface area (Å²) in [4.78, 5) is 24.7. The lowest BCUT2D eigenvalue weighted by molar-refractivity contribution is 0.103. The summed E-state index contributed by atoms with van der Waals surface area (Å²) in [7, 11) is 0. The van der Waals surface area contributed by atoms with Crippen LogP contribution in [-0.4, -0.2) is 11.0 Å². The fourth-order valence-electron chi connectivity index (χ4n) is 3.12. The Kier molecular flexibility index (Phi) is 2.96. The number of ketones is 1. The van der Waals surface area contributed by atoms with Gasteiger partial charge in [-0.3, -0.25) is 9.59 Å². The smallest absolute Gasteiger partial charge is 0.254 e. The van der Waals surface area contributed by atoms with Crippen LogP contribution in [0.4, 0.5) is 0 Å². The van der Waals surface area contributed by atoms with Crippen molar-refractivity contribution in [3.05, 3.63) is 69.7 Å². The Balaban J connectivity index is 2.33. The number of carbonyl (C=O) groups excluding carboxylic acids is 2. The minimum Gasteiger partial charge on any atom is -0.289 e. The van der Waals surface area contributed by atoms with Crippen LogP contribution in [-0.2, 0) is 0 Å². The zero-order valence-electron chi connectivity index (χ0n) is 11.2. The molecular formula is C18H8BrClO2. The van der Waals surface area contributed by atoms with Gasteiger partial charge in [-0.25, -0.2) is 0 Å². The van der Waals surface area contributed by atoms with Crippen molar-refractivity contribution in [3.63, 3.8) is 0 Å². The van der Waals surface area contributed by atoms with Gasteiger partial charge in [0.2, 0.25) is 0 Å². The largest absolute Gasteiger partial charge is 0.289 e. The van der Waals surface area contributed by atoms with E-state index in [1.54, 1.807) is 12.1 Å². The van der Waals surface area contributed by atoms with E-state index in [-0.39, 0.29) is 5.78 Å². The Morgan fingerprint density at radius 3 is 2.36 bits per heavy atom. The first kappa shape index (κ1) is 13.7. The molecule has 0 unspecified atom stereocenters. The number of fused-ring (bicyclic) bond motifs is 2. The van der Waals surface area contributed by atoms with Crippen molar-refractivity contribution in [3.8, 4) is 11.1 Å². The van der Waals surface area contributed by atoms with E-state index in [4.69, 9.17) is 11.6 Å². The molecule has 1 aliphatic rings. The van der Waals surface area contributed by atoms with Crippen LogP contribution in [0.25, 0.3) is 21.9 Å². The number of halogens is 2. The predicted molar refractivity (Wildman–Crippen MR) is 90.7 cm³/mol. The van der Waals surface area contributed by atoms with Crippen LogP contribution in [0.1, 0.15) is 26.3 Å². The van der Waals surface area contributed by atoms with E-state index in [1.807, 2.05) is 36.4 Å². The SMILES string of the molecule is O=C(Cl)c1c(Br)cc2cccc3c2c1-c1ccccc1C3=O. The van der Waals surface area contributed by atoms with Crippen LogP contribution in [0, 0.1) is 0 Å². The molecule has 22 heavy (non-hydrogen) atoms. The summed E-state index contributed by atoms with van der Waals surface area (Å²) >= 11 is 9.25. The van der Waals surface area contributed by atoms with Crippen LogP contribution in [0.5, 0.6) is 0 Å². The van der Waals surface area contributed by atoms with Gasteiger partial charge in [-0.1, -0.05) is 42.5 Å². The topological polar surface area (TPSA) is 34.1 Å². The van der Waals surface area contributed by atoms with Crippen molar-refractivity contribution in [2.24, 2.45) is 0 Å².